The summed E-state index contributed by atoms with van der Waals surface area (Å²) in [5, 5.41) is 3.54. The average molecular weight is 413 g/mol. The number of hydrogen-bond acceptors (Lipinski definition) is 2. The van der Waals surface area contributed by atoms with Gasteiger partial charge in [0, 0.05) is 12.6 Å². The van der Waals surface area contributed by atoms with E-state index in [4.69, 9.17) is 4.74 Å². The molecule has 0 saturated heterocycles. The SMILES string of the molecule is COc1c(Br)cc(CNC(C)c2ccc(C)cc2)cc1Br. The van der Waals surface area contributed by atoms with Gasteiger partial charge in [-0.3, -0.25) is 0 Å². The Morgan fingerprint density at radius 1 is 1.10 bits per heavy atom. The highest BCUT2D eigenvalue weighted by Gasteiger charge is 2.09. The van der Waals surface area contributed by atoms with Crippen molar-refractivity contribution in [1.82, 2.24) is 5.32 Å². The van der Waals surface area contributed by atoms with Gasteiger partial charge < -0.3 is 10.1 Å². The lowest BCUT2D eigenvalue weighted by Gasteiger charge is -2.16. The summed E-state index contributed by atoms with van der Waals surface area (Å²) >= 11 is 7.07. The molecule has 0 saturated carbocycles. The monoisotopic (exact) mass is 411 g/mol. The van der Waals surface area contributed by atoms with E-state index in [1.165, 1.54) is 16.7 Å². The molecule has 1 N–H and O–H groups in total. The summed E-state index contributed by atoms with van der Waals surface area (Å²) in [4.78, 5) is 0. The van der Waals surface area contributed by atoms with Crippen LogP contribution in [0.1, 0.15) is 29.7 Å². The van der Waals surface area contributed by atoms with Crippen molar-refractivity contribution < 1.29 is 4.74 Å². The fraction of sp³-hybridized carbons (Fsp3) is 0.294. The molecule has 1 unspecified atom stereocenters. The minimum absolute atomic E-state index is 0.310. The molecule has 21 heavy (non-hydrogen) atoms. The van der Waals surface area contributed by atoms with Crippen LogP contribution in [-0.2, 0) is 6.54 Å². The van der Waals surface area contributed by atoms with Crippen molar-refractivity contribution in [2.75, 3.05) is 7.11 Å². The Morgan fingerprint density at radius 3 is 2.19 bits per heavy atom. The van der Waals surface area contributed by atoms with Gasteiger partial charge >= 0.3 is 0 Å². The summed E-state index contributed by atoms with van der Waals surface area (Å²) in [6.07, 6.45) is 0. The van der Waals surface area contributed by atoms with E-state index >= 15 is 0 Å². The quantitative estimate of drug-likeness (QED) is 0.711. The van der Waals surface area contributed by atoms with Gasteiger partial charge in [0.1, 0.15) is 5.75 Å². The van der Waals surface area contributed by atoms with Crippen molar-refractivity contribution in [3.63, 3.8) is 0 Å². The zero-order chi connectivity index (χ0) is 15.4. The van der Waals surface area contributed by atoms with Crippen LogP contribution in [0.4, 0.5) is 0 Å². The van der Waals surface area contributed by atoms with Crippen LogP contribution < -0.4 is 10.1 Å². The first kappa shape index (κ1) is 16.5. The van der Waals surface area contributed by atoms with Crippen LogP contribution in [0.3, 0.4) is 0 Å². The predicted octanol–water partition coefficient (Wildman–Crippen LogP) is 5.38. The second-order valence-corrected chi connectivity index (χ2v) is 6.81. The molecule has 0 heterocycles. The van der Waals surface area contributed by atoms with E-state index in [2.05, 4.69) is 87.4 Å². The largest absolute Gasteiger partial charge is 0.494 e. The molecule has 2 nitrogen and oxygen atoms in total. The van der Waals surface area contributed by atoms with Gasteiger partial charge in [-0.15, -0.1) is 0 Å². The minimum Gasteiger partial charge on any atom is -0.494 e. The number of methoxy groups -OCH3 is 1. The molecule has 0 aliphatic rings. The Hall–Kier alpha value is -0.840. The summed E-state index contributed by atoms with van der Waals surface area (Å²) in [6, 6.07) is 13.1. The standard InChI is InChI=1S/C17H19Br2NO/c1-11-4-6-14(7-5-11)12(2)20-10-13-8-15(18)17(21-3)16(19)9-13/h4-9,12,20H,10H2,1-3H3. The summed E-state index contributed by atoms with van der Waals surface area (Å²) < 4.78 is 7.24. The lowest BCUT2D eigenvalue weighted by molar-refractivity contribution is 0.409. The van der Waals surface area contributed by atoms with Gasteiger partial charge in [0.25, 0.3) is 0 Å². The van der Waals surface area contributed by atoms with Crippen LogP contribution in [0.25, 0.3) is 0 Å². The Morgan fingerprint density at radius 2 is 1.67 bits per heavy atom. The van der Waals surface area contributed by atoms with E-state index in [9.17, 15) is 0 Å². The van der Waals surface area contributed by atoms with E-state index in [-0.39, 0.29) is 0 Å². The lowest BCUT2D eigenvalue weighted by atomic mass is 10.1. The smallest absolute Gasteiger partial charge is 0.147 e. The first-order valence-corrected chi connectivity index (χ1v) is 8.41. The second-order valence-electron chi connectivity index (χ2n) is 5.11. The molecular formula is C17H19Br2NO. The maximum Gasteiger partial charge on any atom is 0.147 e. The number of hydrogen-bond donors (Lipinski definition) is 1. The van der Waals surface area contributed by atoms with Crippen molar-refractivity contribution >= 4 is 31.9 Å². The fourth-order valence-corrected chi connectivity index (χ4v) is 3.76. The number of benzene rings is 2. The van der Waals surface area contributed by atoms with Gasteiger partial charge in [0.15, 0.2) is 0 Å². The molecule has 0 aromatic heterocycles. The summed E-state index contributed by atoms with van der Waals surface area (Å²) in [5.41, 5.74) is 3.79. The molecule has 4 heteroatoms. The molecule has 1 atom stereocenters. The molecule has 2 aromatic rings. The maximum absolute atomic E-state index is 5.32. The average Bonchev–Trinajstić information content (AvgIpc) is 2.45. The van der Waals surface area contributed by atoms with Crippen molar-refractivity contribution in [2.45, 2.75) is 26.4 Å². The van der Waals surface area contributed by atoms with Crippen LogP contribution in [-0.4, -0.2) is 7.11 Å². The summed E-state index contributed by atoms with van der Waals surface area (Å²) in [7, 11) is 1.67. The second kappa shape index (κ2) is 7.43. The molecule has 0 fully saturated rings. The third-order valence-corrected chi connectivity index (χ3v) is 4.63. The first-order chi connectivity index (χ1) is 10.0. The van der Waals surface area contributed by atoms with E-state index in [1.54, 1.807) is 7.11 Å². The van der Waals surface area contributed by atoms with Crippen LogP contribution >= 0.6 is 31.9 Å². The lowest BCUT2D eigenvalue weighted by Crippen LogP contribution is -2.18. The van der Waals surface area contributed by atoms with Crippen molar-refractivity contribution in [3.05, 3.63) is 62.0 Å². The number of aryl methyl sites for hydroxylation is 1. The van der Waals surface area contributed by atoms with Crippen LogP contribution in [0.2, 0.25) is 0 Å². The topological polar surface area (TPSA) is 21.3 Å². The molecular weight excluding hydrogens is 394 g/mol. The van der Waals surface area contributed by atoms with Crippen molar-refractivity contribution in [3.8, 4) is 5.75 Å². The summed E-state index contributed by atoms with van der Waals surface area (Å²) in [6.45, 7) is 5.09. The highest BCUT2D eigenvalue weighted by atomic mass is 79.9. The highest BCUT2D eigenvalue weighted by molar-refractivity contribution is 9.11. The molecule has 0 aliphatic carbocycles. The molecule has 0 amide bonds. The van der Waals surface area contributed by atoms with Gasteiger partial charge in [-0.2, -0.15) is 0 Å². The van der Waals surface area contributed by atoms with Gasteiger partial charge in [-0.1, -0.05) is 29.8 Å². The van der Waals surface area contributed by atoms with Crippen LogP contribution in [0.5, 0.6) is 5.75 Å². The van der Waals surface area contributed by atoms with E-state index < -0.39 is 0 Å². The zero-order valence-corrected chi connectivity index (χ0v) is 15.6. The first-order valence-electron chi connectivity index (χ1n) is 6.83. The number of ether oxygens (including phenoxy) is 1. The minimum atomic E-state index is 0.310. The van der Waals surface area contributed by atoms with E-state index in [0.717, 1.165) is 21.2 Å². The van der Waals surface area contributed by atoms with Gasteiger partial charge in [-0.05, 0) is 69.0 Å². The van der Waals surface area contributed by atoms with Crippen LogP contribution in [0, 0.1) is 6.92 Å². The molecule has 2 aromatic carbocycles. The number of halogens is 2. The Labute approximate surface area is 143 Å². The van der Waals surface area contributed by atoms with E-state index in [1.807, 2.05) is 0 Å². The van der Waals surface area contributed by atoms with Gasteiger partial charge in [-0.25, -0.2) is 0 Å². The normalized spacial score (nSPS) is 12.2. The molecule has 112 valence electrons. The number of nitrogens with one attached hydrogen (secondary N) is 1. The van der Waals surface area contributed by atoms with Gasteiger partial charge in [0.2, 0.25) is 0 Å². The van der Waals surface area contributed by atoms with Crippen molar-refractivity contribution in [1.29, 1.82) is 0 Å². The zero-order valence-electron chi connectivity index (χ0n) is 12.4. The number of rotatable bonds is 5. The van der Waals surface area contributed by atoms with E-state index in [0.29, 0.717) is 6.04 Å². The molecule has 0 bridgehead atoms. The van der Waals surface area contributed by atoms with Crippen molar-refractivity contribution in [2.24, 2.45) is 0 Å². The van der Waals surface area contributed by atoms with Crippen LogP contribution in [0.15, 0.2) is 45.3 Å². The Kier molecular flexibility index (Phi) is 5.85. The summed E-state index contributed by atoms with van der Waals surface area (Å²) in [5.74, 6) is 0.824. The third kappa shape index (κ3) is 4.31. The Balaban J connectivity index is 2.04. The van der Waals surface area contributed by atoms with Gasteiger partial charge in [0.05, 0.1) is 16.1 Å². The Bertz CT molecular complexity index is 588. The molecule has 0 spiro atoms. The molecule has 2 rings (SSSR count). The molecule has 0 aliphatic heterocycles. The fourth-order valence-electron chi connectivity index (χ4n) is 2.15. The predicted molar refractivity (Wildman–Crippen MR) is 94.8 cm³/mol. The maximum atomic E-state index is 5.32. The third-order valence-electron chi connectivity index (χ3n) is 3.45. The highest BCUT2D eigenvalue weighted by Crippen LogP contribution is 2.34. The molecule has 0 radical (unpaired) electrons.